The van der Waals surface area contributed by atoms with E-state index in [0.29, 0.717) is 18.0 Å². The molecule has 0 saturated heterocycles. The molecular formula is C12H22N4. The van der Waals surface area contributed by atoms with Crippen LogP contribution in [0.4, 0.5) is 5.69 Å². The van der Waals surface area contributed by atoms with Gasteiger partial charge in [0.1, 0.15) is 0 Å². The normalized spacial score (nSPS) is 25.2. The van der Waals surface area contributed by atoms with Gasteiger partial charge in [-0.1, -0.05) is 6.42 Å². The topological polar surface area (TPSA) is 55.9 Å². The van der Waals surface area contributed by atoms with E-state index in [1.54, 1.807) is 0 Å². The molecule has 1 saturated carbocycles. The maximum Gasteiger partial charge on any atom is 0.0728 e. The van der Waals surface area contributed by atoms with Crippen LogP contribution in [-0.2, 0) is 0 Å². The number of aromatic nitrogens is 2. The maximum absolute atomic E-state index is 5.77. The average Bonchev–Trinajstić information content (AvgIpc) is 2.87. The summed E-state index contributed by atoms with van der Waals surface area (Å²) in [6.07, 6.45) is 7.77. The van der Waals surface area contributed by atoms with Crippen molar-refractivity contribution in [1.82, 2.24) is 9.78 Å². The molecule has 0 spiro atoms. The minimum Gasteiger partial charge on any atom is -0.379 e. The minimum absolute atomic E-state index is 0.421. The average molecular weight is 222 g/mol. The zero-order valence-electron chi connectivity index (χ0n) is 10.2. The summed E-state index contributed by atoms with van der Waals surface area (Å²) >= 11 is 0. The summed E-state index contributed by atoms with van der Waals surface area (Å²) in [5.74, 6) is 0.627. The molecule has 0 amide bonds. The van der Waals surface area contributed by atoms with E-state index in [1.165, 1.54) is 19.3 Å². The summed E-state index contributed by atoms with van der Waals surface area (Å²) in [7, 11) is 0. The summed E-state index contributed by atoms with van der Waals surface area (Å²) in [5, 5.41) is 7.89. The van der Waals surface area contributed by atoms with E-state index in [1.807, 2.05) is 10.9 Å². The monoisotopic (exact) mass is 222 g/mol. The molecule has 90 valence electrons. The molecule has 4 heteroatoms. The fraction of sp³-hybridized carbons (Fsp3) is 0.750. The predicted molar refractivity (Wildman–Crippen MR) is 66.4 cm³/mol. The largest absolute Gasteiger partial charge is 0.379 e. The molecule has 1 heterocycles. The van der Waals surface area contributed by atoms with Gasteiger partial charge in [0.2, 0.25) is 0 Å². The summed E-state index contributed by atoms with van der Waals surface area (Å²) in [5.41, 5.74) is 6.89. The van der Waals surface area contributed by atoms with Crippen molar-refractivity contribution in [3.05, 3.63) is 12.4 Å². The number of rotatable bonds is 4. The smallest absolute Gasteiger partial charge is 0.0728 e. The second-order valence-electron chi connectivity index (χ2n) is 4.98. The second kappa shape index (κ2) is 4.87. The molecule has 4 nitrogen and oxygen atoms in total. The van der Waals surface area contributed by atoms with Crippen molar-refractivity contribution in [3.63, 3.8) is 0 Å². The van der Waals surface area contributed by atoms with Crippen LogP contribution in [0.3, 0.4) is 0 Å². The molecule has 0 aromatic carbocycles. The van der Waals surface area contributed by atoms with Crippen molar-refractivity contribution < 1.29 is 0 Å². The van der Waals surface area contributed by atoms with Crippen molar-refractivity contribution >= 4 is 5.69 Å². The van der Waals surface area contributed by atoms with Gasteiger partial charge in [-0.15, -0.1) is 0 Å². The van der Waals surface area contributed by atoms with Crippen LogP contribution >= 0.6 is 0 Å². The van der Waals surface area contributed by atoms with E-state index >= 15 is 0 Å². The summed E-state index contributed by atoms with van der Waals surface area (Å²) < 4.78 is 1.98. The van der Waals surface area contributed by atoms with Gasteiger partial charge >= 0.3 is 0 Å². The number of nitrogens with one attached hydrogen (secondary N) is 1. The van der Waals surface area contributed by atoms with E-state index in [-0.39, 0.29) is 0 Å². The Balaban J connectivity index is 1.97. The van der Waals surface area contributed by atoms with E-state index in [4.69, 9.17) is 5.73 Å². The maximum atomic E-state index is 5.77. The third kappa shape index (κ3) is 2.38. The molecule has 1 aromatic heterocycles. The predicted octanol–water partition coefficient (Wildman–Crippen LogP) is 2.00. The van der Waals surface area contributed by atoms with Crippen LogP contribution in [0.2, 0.25) is 0 Å². The first-order chi connectivity index (χ1) is 7.70. The van der Waals surface area contributed by atoms with Crippen molar-refractivity contribution in [2.75, 3.05) is 11.9 Å². The number of nitrogens with zero attached hydrogens (tertiary/aromatic N) is 2. The van der Waals surface area contributed by atoms with E-state index in [2.05, 4.69) is 30.5 Å². The Morgan fingerprint density at radius 2 is 2.38 bits per heavy atom. The summed E-state index contributed by atoms with van der Waals surface area (Å²) in [6.45, 7) is 5.06. The lowest BCUT2D eigenvalue weighted by molar-refractivity contribution is 0.515. The lowest BCUT2D eigenvalue weighted by Crippen LogP contribution is -2.29. The zero-order chi connectivity index (χ0) is 11.5. The third-order valence-electron chi connectivity index (χ3n) is 3.44. The third-order valence-corrected chi connectivity index (χ3v) is 3.44. The summed E-state index contributed by atoms with van der Waals surface area (Å²) in [4.78, 5) is 0. The fourth-order valence-corrected chi connectivity index (χ4v) is 2.42. The summed E-state index contributed by atoms with van der Waals surface area (Å²) in [6, 6.07) is 0.958. The van der Waals surface area contributed by atoms with Gasteiger partial charge in [-0.2, -0.15) is 5.10 Å². The quantitative estimate of drug-likeness (QED) is 0.819. The standard InChI is InChI=1S/C12H22N4/c1-9(2)16-8-11(7-14-16)15-12-5-3-4-10(12)6-13/h7-10,12,15H,3-6,13H2,1-2H3. The minimum atomic E-state index is 0.421. The van der Waals surface area contributed by atoms with Crippen molar-refractivity contribution in [2.24, 2.45) is 11.7 Å². The molecule has 2 rings (SSSR count). The van der Waals surface area contributed by atoms with Gasteiger partial charge in [-0.25, -0.2) is 0 Å². The molecule has 0 radical (unpaired) electrons. The number of nitrogens with two attached hydrogens (primary N) is 1. The molecule has 0 aliphatic heterocycles. The van der Waals surface area contributed by atoms with Crippen LogP contribution < -0.4 is 11.1 Å². The first-order valence-corrected chi connectivity index (χ1v) is 6.21. The van der Waals surface area contributed by atoms with E-state index < -0.39 is 0 Å². The molecule has 2 atom stereocenters. The van der Waals surface area contributed by atoms with E-state index in [0.717, 1.165) is 12.2 Å². The van der Waals surface area contributed by atoms with Gasteiger partial charge in [0.15, 0.2) is 0 Å². The fourth-order valence-electron chi connectivity index (χ4n) is 2.42. The van der Waals surface area contributed by atoms with Crippen LogP contribution in [0.1, 0.15) is 39.2 Å². The lowest BCUT2D eigenvalue weighted by Gasteiger charge is -2.19. The Morgan fingerprint density at radius 3 is 3.00 bits per heavy atom. The van der Waals surface area contributed by atoms with Gasteiger partial charge in [-0.3, -0.25) is 4.68 Å². The molecule has 1 aromatic rings. The van der Waals surface area contributed by atoms with Crippen molar-refractivity contribution in [1.29, 1.82) is 0 Å². The van der Waals surface area contributed by atoms with Crippen LogP contribution in [0.5, 0.6) is 0 Å². The van der Waals surface area contributed by atoms with Gasteiger partial charge in [-0.05, 0) is 39.2 Å². The highest BCUT2D eigenvalue weighted by Gasteiger charge is 2.25. The van der Waals surface area contributed by atoms with E-state index in [9.17, 15) is 0 Å². The molecule has 1 fully saturated rings. The Bertz CT molecular complexity index is 332. The number of anilines is 1. The highest BCUT2D eigenvalue weighted by Crippen LogP contribution is 2.27. The molecule has 16 heavy (non-hydrogen) atoms. The highest BCUT2D eigenvalue weighted by atomic mass is 15.3. The Hall–Kier alpha value is -1.03. The second-order valence-corrected chi connectivity index (χ2v) is 4.98. The lowest BCUT2D eigenvalue weighted by atomic mass is 10.0. The SMILES string of the molecule is CC(C)n1cc(NC2CCCC2CN)cn1. The zero-order valence-corrected chi connectivity index (χ0v) is 10.2. The van der Waals surface area contributed by atoms with Crippen LogP contribution in [0.15, 0.2) is 12.4 Å². The molecule has 1 aliphatic rings. The molecule has 3 N–H and O–H groups in total. The van der Waals surface area contributed by atoms with Gasteiger partial charge in [0, 0.05) is 18.3 Å². The van der Waals surface area contributed by atoms with Gasteiger partial charge in [0.05, 0.1) is 11.9 Å². The molecular weight excluding hydrogens is 200 g/mol. The Morgan fingerprint density at radius 1 is 1.56 bits per heavy atom. The molecule has 2 unspecified atom stereocenters. The van der Waals surface area contributed by atoms with Crippen LogP contribution in [-0.4, -0.2) is 22.4 Å². The first-order valence-electron chi connectivity index (χ1n) is 6.21. The molecule has 0 bridgehead atoms. The number of hydrogen-bond donors (Lipinski definition) is 2. The van der Waals surface area contributed by atoms with Crippen molar-refractivity contribution in [3.8, 4) is 0 Å². The van der Waals surface area contributed by atoms with Crippen LogP contribution in [0.25, 0.3) is 0 Å². The Labute approximate surface area is 97.2 Å². The van der Waals surface area contributed by atoms with Gasteiger partial charge < -0.3 is 11.1 Å². The van der Waals surface area contributed by atoms with Gasteiger partial charge in [0.25, 0.3) is 0 Å². The first kappa shape index (κ1) is 11.5. The molecule has 1 aliphatic carbocycles. The number of hydrogen-bond acceptors (Lipinski definition) is 3. The van der Waals surface area contributed by atoms with Crippen LogP contribution in [0, 0.1) is 5.92 Å². The van der Waals surface area contributed by atoms with Crippen molar-refractivity contribution in [2.45, 2.75) is 45.2 Å². The Kier molecular flexibility index (Phi) is 3.49. The highest BCUT2D eigenvalue weighted by molar-refractivity contribution is 5.40.